The lowest BCUT2D eigenvalue weighted by atomic mass is 10.0. The molecule has 1 aromatic carbocycles. The van der Waals surface area contributed by atoms with E-state index in [1.807, 2.05) is 0 Å². The van der Waals surface area contributed by atoms with Crippen molar-refractivity contribution in [3.8, 4) is 0 Å². The second-order valence-electron chi connectivity index (χ2n) is 4.99. The van der Waals surface area contributed by atoms with Crippen LogP contribution >= 0.6 is 0 Å². The van der Waals surface area contributed by atoms with Crippen LogP contribution in [-0.4, -0.2) is 32.8 Å². The van der Waals surface area contributed by atoms with Crippen LogP contribution in [0, 0.1) is 11.7 Å². The van der Waals surface area contributed by atoms with Gasteiger partial charge in [-0.05, 0) is 23.6 Å². The fourth-order valence-corrected chi connectivity index (χ4v) is 1.86. The van der Waals surface area contributed by atoms with Crippen molar-refractivity contribution in [2.75, 3.05) is 20.8 Å². The van der Waals surface area contributed by atoms with Gasteiger partial charge in [-0.15, -0.1) is 0 Å². The Morgan fingerprint density at radius 1 is 1.35 bits per heavy atom. The molecule has 0 aliphatic carbocycles. The van der Waals surface area contributed by atoms with Crippen molar-refractivity contribution in [2.24, 2.45) is 5.92 Å². The van der Waals surface area contributed by atoms with E-state index in [-0.39, 0.29) is 11.6 Å². The lowest BCUT2D eigenvalue weighted by Gasteiger charge is -2.21. The number of halogens is 1. The van der Waals surface area contributed by atoms with Crippen molar-refractivity contribution in [1.29, 1.82) is 0 Å². The third-order valence-electron chi connectivity index (χ3n) is 3.16. The molecule has 0 aliphatic rings. The third kappa shape index (κ3) is 4.58. The van der Waals surface area contributed by atoms with Crippen LogP contribution in [0.25, 0.3) is 0 Å². The lowest BCUT2D eigenvalue weighted by Crippen LogP contribution is -2.37. The zero-order chi connectivity index (χ0) is 15.1. The molecule has 1 unspecified atom stereocenters. The molecule has 0 radical (unpaired) electrons. The minimum atomic E-state index is -0.665. The normalized spacial score (nSPS) is 12.5. The first-order chi connectivity index (χ1) is 9.49. The number of carbonyl (C=O) groups is 1. The summed E-state index contributed by atoms with van der Waals surface area (Å²) in [6.45, 7) is 5.31. The number of benzene rings is 1. The highest BCUT2D eigenvalue weighted by Gasteiger charge is 2.14. The summed E-state index contributed by atoms with van der Waals surface area (Å²) in [4.78, 5) is 11.3. The van der Waals surface area contributed by atoms with E-state index in [1.54, 1.807) is 13.2 Å². The standard InChI is InChI=1S/C15H22FNO3/c1-10(2)14(9-19-3)17-8-11-5-6-12(13(16)7-11)15(18)20-4/h5-7,10,14,17H,8-9H2,1-4H3. The summed E-state index contributed by atoms with van der Waals surface area (Å²) < 4.78 is 23.4. The first kappa shape index (κ1) is 16.6. The maximum Gasteiger partial charge on any atom is 0.340 e. The number of ether oxygens (including phenoxy) is 2. The summed E-state index contributed by atoms with van der Waals surface area (Å²) in [7, 11) is 2.89. The molecule has 1 aromatic rings. The Labute approximate surface area is 119 Å². The molecule has 0 aliphatic heterocycles. The summed E-state index contributed by atoms with van der Waals surface area (Å²) in [6, 6.07) is 4.71. The second-order valence-corrected chi connectivity index (χ2v) is 4.99. The van der Waals surface area contributed by atoms with Crippen molar-refractivity contribution in [1.82, 2.24) is 5.32 Å². The fraction of sp³-hybridized carbons (Fsp3) is 0.533. The van der Waals surface area contributed by atoms with Gasteiger partial charge in [0.15, 0.2) is 0 Å². The Hall–Kier alpha value is -1.46. The molecule has 5 heteroatoms. The van der Waals surface area contributed by atoms with Crippen molar-refractivity contribution < 1.29 is 18.7 Å². The van der Waals surface area contributed by atoms with Gasteiger partial charge in [-0.1, -0.05) is 19.9 Å². The first-order valence-corrected chi connectivity index (χ1v) is 6.58. The Morgan fingerprint density at radius 3 is 2.55 bits per heavy atom. The molecule has 20 heavy (non-hydrogen) atoms. The van der Waals surface area contributed by atoms with Gasteiger partial charge in [0.1, 0.15) is 5.82 Å². The summed E-state index contributed by atoms with van der Waals surface area (Å²) in [5.41, 5.74) is 0.727. The van der Waals surface area contributed by atoms with Gasteiger partial charge in [0.05, 0.1) is 19.3 Å². The van der Waals surface area contributed by atoms with Crippen LogP contribution in [-0.2, 0) is 16.0 Å². The zero-order valence-electron chi connectivity index (χ0n) is 12.4. The fourth-order valence-electron chi connectivity index (χ4n) is 1.86. The number of hydrogen-bond donors (Lipinski definition) is 1. The van der Waals surface area contributed by atoms with E-state index in [9.17, 15) is 9.18 Å². The van der Waals surface area contributed by atoms with Gasteiger partial charge in [-0.3, -0.25) is 0 Å². The average molecular weight is 283 g/mol. The molecule has 1 N–H and O–H groups in total. The van der Waals surface area contributed by atoms with Crippen molar-refractivity contribution in [3.05, 3.63) is 35.1 Å². The molecule has 0 heterocycles. The molecule has 0 amide bonds. The highest BCUT2D eigenvalue weighted by Crippen LogP contribution is 2.12. The van der Waals surface area contributed by atoms with Gasteiger partial charge >= 0.3 is 5.97 Å². The molecule has 0 bridgehead atoms. The number of nitrogens with one attached hydrogen (secondary N) is 1. The molecule has 0 saturated heterocycles. The molecule has 0 saturated carbocycles. The van der Waals surface area contributed by atoms with Crippen LogP contribution in [0.5, 0.6) is 0 Å². The number of methoxy groups -OCH3 is 2. The van der Waals surface area contributed by atoms with Gasteiger partial charge in [0, 0.05) is 19.7 Å². The summed E-state index contributed by atoms with van der Waals surface area (Å²) in [5.74, 6) is -0.820. The third-order valence-corrected chi connectivity index (χ3v) is 3.16. The zero-order valence-corrected chi connectivity index (χ0v) is 12.4. The Kier molecular flexibility index (Phi) is 6.61. The van der Waals surface area contributed by atoms with Gasteiger partial charge in [0.25, 0.3) is 0 Å². The Bertz CT molecular complexity index is 449. The number of hydrogen-bond acceptors (Lipinski definition) is 4. The van der Waals surface area contributed by atoms with Gasteiger partial charge < -0.3 is 14.8 Å². The Balaban J connectivity index is 2.69. The minimum Gasteiger partial charge on any atom is -0.465 e. The predicted molar refractivity (Wildman–Crippen MR) is 75.1 cm³/mol. The van der Waals surface area contributed by atoms with Crippen LogP contribution < -0.4 is 5.32 Å². The van der Waals surface area contributed by atoms with Crippen LogP contribution in [0.4, 0.5) is 4.39 Å². The minimum absolute atomic E-state index is 0.0476. The largest absolute Gasteiger partial charge is 0.465 e. The van der Waals surface area contributed by atoms with Crippen molar-refractivity contribution in [3.63, 3.8) is 0 Å². The van der Waals surface area contributed by atoms with E-state index >= 15 is 0 Å². The quantitative estimate of drug-likeness (QED) is 0.780. The highest BCUT2D eigenvalue weighted by atomic mass is 19.1. The molecule has 1 atom stereocenters. The highest BCUT2D eigenvalue weighted by molar-refractivity contribution is 5.89. The molecule has 4 nitrogen and oxygen atoms in total. The van der Waals surface area contributed by atoms with E-state index in [4.69, 9.17) is 4.74 Å². The van der Waals surface area contributed by atoms with Crippen LogP contribution in [0.1, 0.15) is 29.8 Å². The van der Waals surface area contributed by atoms with E-state index in [1.165, 1.54) is 19.2 Å². The van der Waals surface area contributed by atoms with E-state index < -0.39 is 11.8 Å². The van der Waals surface area contributed by atoms with Crippen molar-refractivity contribution in [2.45, 2.75) is 26.4 Å². The molecule has 0 spiro atoms. The molecule has 0 aromatic heterocycles. The van der Waals surface area contributed by atoms with E-state index in [2.05, 4.69) is 23.9 Å². The van der Waals surface area contributed by atoms with Crippen molar-refractivity contribution >= 4 is 5.97 Å². The lowest BCUT2D eigenvalue weighted by molar-refractivity contribution is 0.0595. The number of carbonyl (C=O) groups excluding carboxylic acids is 1. The topological polar surface area (TPSA) is 47.6 Å². The maximum atomic E-state index is 13.8. The average Bonchev–Trinajstić information content (AvgIpc) is 2.42. The van der Waals surface area contributed by atoms with Gasteiger partial charge in [-0.25, -0.2) is 9.18 Å². The smallest absolute Gasteiger partial charge is 0.340 e. The molecule has 0 fully saturated rings. The van der Waals surface area contributed by atoms with Crippen LogP contribution in [0.15, 0.2) is 18.2 Å². The first-order valence-electron chi connectivity index (χ1n) is 6.58. The SMILES string of the molecule is COCC(NCc1ccc(C(=O)OC)c(F)c1)C(C)C. The Morgan fingerprint density at radius 2 is 2.05 bits per heavy atom. The molecule has 1 rings (SSSR count). The summed E-state index contributed by atoms with van der Waals surface area (Å²) in [5, 5.41) is 3.32. The predicted octanol–water partition coefficient (Wildman–Crippen LogP) is 2.37. The van der Waals surface area contributed by atoms with Gasteiger partial charge in [-0.2, -0.15) is 0 Å². The molecule has 112 valence electrons. The summed E-state index contributed by atoms with van der Waals surface area (Å²) in [6.07, 6.45) is 0. The number of rotatable bonds is 7. The number of esters is 1. The monoisotopic (exact) mass is 283 g/mol. The maximum absolute atomic E-state index is 13.8. The van der Waals surface area contributed by atoms with E-state index in [0.717, 1.165) is 5.56 Å². The second kappa shape index (κ2) is 7.97. The molecular formula is C15H22FNO3. The van der Waals surface area contributed by atoms with Crippen LogP contribution in [0.3, 0.4) is 0 Å². The molecular weight excluding hydrogens is 261 g/mol. The van der Waals surface area contributed by atoms with E-state index in [0.29, 0.717) is 19.1 Å². The summed E-state index contributed by atoms with van der Waals surface area (Å²) >= 11 is 0. The van der Waals surface area contributed by atoms with Crippen LogP contribution in [0.2, 0.25) is 0 Å². The van der Waals surface area contributed by atoms with Gasteiger partial charge in [0.2, 0.25) is 0 Å².